The van der Waals surface area contributed by atoms with E-state index < -0.39 is 69.7 Å². The molecular weight excluding hydrogens is 1050 g/mol. The molecule has 0 bridgehead atoms. The first-order chi connectivity index (χ1) is 36.4. The van der Waals surface area contributed by atoms with Gasteiger partial charge in [-0.1, -0.05) is 99.9 Å². The van der Waals surface area contributed by atoms with E-state index in [9.17, 15) is 10.4 Å². The summed E-state index contributed by atoms with van der Waals surface area (Å²) in [5.41, 5.74) is 3.40. The van der Waals surface area contributed by atoms with E-state index in [2.05, 4.69) is 79.8 Å². The second-order valence-corrected chi connectivity index (χ2v) is 26.6. The van der Waals surface area contributed by atoms with Crippen LogP contribution >= 0.6 is 15.9 Å². The van der Waals surface area contributed by atoms with Gasteiger partial charge in [-0.25, -0.2) is 19.9 Å². The predicted octanol–water partition coefficient (Wildman–Crippen LogP) is 12.6. The summed E-state index contributed by atoms with van der Waals surface area (Å²) in [7, 11) is -1.43. The van der Waals surface area contributed by atoms with Crippen LogP contribution in [-0.2, 0) is 45.3 Å². The standard InChI is InChI=1S/C26H39B2N3O5.C25H28N4O.C11H12BrN/c1-21(2,3)26(18-14-29-17-30-15-18,36-28-34-24(8,9)25(10,11)35-28)20-13-12-19(16-31-20)27-32-22(4,5)23(6,7)33-27;1-17-11-19(24(5,6)15-26)8-9-21(17)18-7-10-22(29-12-18)25(30,23(2,3)4)20-13-27-16-28-14-20;1-8-6-9(4-5-10(8)12)11(2,3)7-13/h12-17H,1-11H3;7-14,16,30H,1-6H3;4-6H,1-3H3. The Morgan fingerprint density at radius 2 is 0.987 bits per heavy atom. The zero-order valence-corrected chi connectivity index (χ0v) is 51.6. The van der Waals surface area contributed by atoms with Crippen molar-refractivity contribution in [3.63, 3.8) is 0 Å². The molecule has 0 aliphatic carbocycles. The number of aryl methyl sites for hydroxylation is 2. The molecule has 1 N–H and O–H groups in total. The fourth-order valence-corrected chi connectivity index (χ4v) is 9.47. The van der Waals surface area contributed by atoms with Gasteiger partial charge >= 0.3 is 14.4 Å². The lowest BCUT2D eigenvalue weighted by molar-refractivity contribution is -0.0465. The van der Waals surface area contributed by atoms with E-state index in [4.69, 9.17) is 33.5 Å². The fourth-order valence-electron chi connectivity index (χ4n) is 9.22. The molecule has 416 valence electrons. The minimum Gasteiger partial charge on any atom is -0.399 e. The van der Waals surface area contributed by atoms with Crippen LogP contribution in [0.25, 0.3) is 11.1 Å². The topological polar surface area (TPSA) is 191 Å². The number of nitriles is 2. The van der Waals surface area contributed by atoms with Gasteiger partial charge in [-0.05, 0) is 148 Å². The van der Waals surface area contributed by atoms with E-state index >= 15 is 0 Å². The van der Waals surface area contributed by atoms with Crippen LogP contribution in [-0.4, -0.2) is 71.9 Å². The molecule has 6 aromatic rings. The van der Waals surface area contributed by atoms with Crippen LogP contribution in [0.3, 0.4) is 0 Å². The summed E-state index contributed by atoms with van der Waals surface area (Å²) in [4.78, 5) is 26.3. The van der Waals surface area contributed by atoms with Gasteiger partial charge in [-0.15, -0.1) is 0 Å². The van der Waals surface area contributed by atoms with Crippen molar-refractivity contribution in [2.75, 3.05) is 0 Å². The number of halogens is 1. The molecule has 2 saturated heterocycles. The zero-order valence-electron chi connectivity index (χ0n) is 50.0. The normalized spacial score (nSPS) is 18.1. The Morgan fingerprint density at radius 1 is 0.532 bits per heavy atom. The number of nitrogens with zero attached hydrogens (tertiary/aromatic N) is 8. The van der Waals surface area contributed by atoms with Gasteiger partial charge in [0.15, 0.2) is 0 Å². The largest absolute Gasteiger partial charge is 0.641 e. The van der Waals surface area contributed by atoms with Gasteiger partial charge < -0.3 is 28.4 Å². The van der Waals surface area contributed by atoms with E-state index in [0.29, 0.717) is 17.0 Å². The van der Waals surface area contributed by atoms with Crippen LogP contribution < -0.4 is 5.46 Å². The van der Waals surface area contributed by atoms with Crippen molar-refractivity contribution in [2.45, 2.75) is 183 Å². The Morgan fingerprint density at radius 3 is 1.41 bits per heavy atom. The fraction of sp³-hybridized carbons (Fsp3) is 0.484. The van der Waals surface area contributed by atoms with Gasteiger partial charge in [0.1, 0.15) is 23.9 Å². The van der Waals surface area contributed by atoms with Gasteiger partial charge in [0.05, 0.1) is 56.8 Å². The van der Waals surface area contributed by atoms with E-state index in [1.807, 2.05) is 172 Å². The number of hydrogen-bond donors (Lipinski definition) is 1. The third-order valence-corrected chi connectivity index (χ3v) is 17.0. The number of aliphatic hydroxyl groups is 1. The molecule has 2 fully saturated rings. The Labute approximate surface area is 479 Å². The summed E-state index contributed by atoms with van der Waals surface area (Å²) in [6.07, 6.45) is 13.3. The van der Waals surface area contributed by atoms with Gasteiger partial charge in [0, 0.05) is 69.2 Å². The number of rotatable bonds is 10. The Hall–Kier alpha value is -5.75. The maximum Gasteiger partial charge on any atom is 0.641 e. The molecule has 17 heteroatoms. The van der Waals surface area contributed by atoms with Crippen LogP contribution in [0.4, 0.5) is 0 Å². The van der Waals surface area contributed by atoms with Crippen molar-refractivity contribution in [3.05, 3.63) is 160 Å². The Balaban J connectivity index is 0.000000211. The van der Waals surface area contributed by atoms with Crippen molar-refractivity contribution >= 4 is 35.8 Å². The summed E-state index contributed by atoms with van der Waals surface area (Å²) >= 11 is 3.44. The smallest absolute Gasteiger partial charge is 0.399 e. The predicted molar refractivity (Wildman–Crippen MR) is 314 cm³/mol. The zero-order chi connectivity index (χ0) is 59.0. The van der Waals surface area contributed by atoms with Crippen molar-refractivity contribution in [1.82, 2.24) is 29.9 Å². The lowest BCUT2D eigenvalue weighted by Crippen LogP contribution is -2.49. The number of aromatic nitrogens is 6. The summed E-state index contributed by atoms with van der Waals surface area (Å²) in [5.74, 6) is 0. The maximum absolute atomic E-state index is 11.7. The second-order valence-electron chi connectivity index (χ2n) is 25.8. The summed E-state index contributed by atoms with van der Waals surface area (Å²) in [6, 6.07) is 24.5. The highest BCUT2D eigenvalue weighted by Gasteiger charge is 2.59. The molecule has 2 aromatic carbocycles. The molecule has 0 amide bonds. The highest BCUT2D eigenvalue weighted by atomic mass is 79.9. The SMILES string of the molecule is CC(C)(C)C(OB1OC(C)(C)C(C)(C)O1)(c1cncnc1)c1ccc(B2OC(C)(C)C(C)(C)O2)cn1.Cc1cc(C(C)(C)C#N)ccc1-c1ccc(C(O)(c2cncnc2)C(C)(C)C)nc1.Cc1cc(C(C)(C)C#N)ccc1Br. The first kappa shape index (κ1) is 62.4. The molecule has 2 unspecified atom stereocenters. The highest BCUT2D eigenvalue weighted by molar-refractivity contribution is 9.10. The second kappa shape index (κ2) is 22.7. The van der Waals surface area contributed by atoms with Crippen LogP contribution in [0.15, 0.2) is 115 Å². The summed E-state index contributed by atoms with van der Waals surface area (Å²) in [6.45, 7) is 40.1. The Bertz CT molecular complexity index is 3140. The lowest BCUT2D eigenvalue weighted by atomic mass is 9.69. The average molecular weight is 1130 g/mol. The molecule has 8 rings (SSSR count). The number of pyridine rings is 2. The summed E-state index contributed by atoms with van der Waals surface area (Å²) in [5, 5.41) is 30.0. The molecule has 0 radical (unpaired) electrons. The maximum atomic E-state index is 11.7. The van der Waals surface area contributed by atoms with E-state index in [0.717, 1.165) is 43.3 Å². The molecular formula is C62H79B2BrN8O6. The first-order valence-electron chi connectivity index (χ1n) is 26.7. The monoisotopic (exact) mass is 1130 g/mol. The minimum absolute atomic E-state index is 0.397. The molecule has 14 nitrogen and oxygen atoms in total. The van der Waals surface area contributed by atoms with Gasteiger partial charge in [-0.2, -0.15) is 10.5 Å². The van der Waals surface area contributed by atoms with Crippen molar-refractivity contribution in [3.8, 4) is 23.3 Å². The quantitative estimate of drug-likeness (QED) is 0.127. The van der Waals surface area contributed by atoms with Gasteiger partial charge in [0.2, 0.25) is 0 Å². The first-order valence-corrected chi connectivity index (χ1v) is 27.4. The van der Waals surface area contributed by atoms with E-state index in [1.54, 1.807) is 37.2 Å². The molecule has 2 aliphatic heterocycles. The molecule has 0 saturated carbocycles. The molecule has 4 aromatic heterocycles. The van der Waals surface area contributed by atoms with Gasteiger partial charge in [-0.3, -0.25) is 9.97 Å². The van der Waals surface area contributed by atoms with Crippen LogP contribution in [0.1, 0.15) is 169 Å². The third-order valence-electron chi connectivity index (χ3n) is 16.1. The van der Waals surface area contributed by atoms with Crippen LogP contribution in [0, 0.1) is 47.3 Å². The molecule has 0 spiro atoms. The minimum atomic E-state index is -1.33. The third kappa shape index (κ3) is 12.7. The van der Waals surface area contributed by atoms with Crippen molar-refractivity contribution in [1.29, 1.82) is 10.5 Å². The molecule has 2 aliphatic rings. The van der Waals surface area contributed by atoms with Gasteiger partial charge in [0.25, 0.3) is 0 Å². The number of hydrogen-bond acceptors (Lipinski definition) is 14. The van der Waals surface area contributed by atoms with E-state index in [-0.39, 0.29) is 0 Å². The Kier molecular flexibility index (Phi) is 17.9. The van der Waals surface area contributed by atoms with E-state index in [1.165, 1.54) is 18.2 Å². The van der Waals surface area contributed by atoms with Crippen LogP contribution in [0.5, 0.6) is 0 Å². The van der Waals surface area contributed by atoms with Crippen molar-refractivity contribution < 1.29 is 28.4 Å². The van der Waals surface area contributed by atoms with Crippen molar-refractivity contribution in [2.24, 2.45) is 10.8 Å². The molecule has 79 heavy (non-hydrogen) atoms. The highest BCUT2D eigenvalue weighted by Crippen LogP contribution is 2.50. The summed E-state index contributed by atoms with van der Waals surface area (Å²) < 4.78 is 32.8. The molecule has 6 heterocycles. The number of benzene rings is 2. The molecule has 2 atom stereocenters. The van der Waals surface area contributed by atoms with Crippen LogP contribution in [0.2, 0.25) is 0 Å². The average Bonchev–Trinajstić information content (AvgIpc) is 3.92. The lowest BCUT2D eigenvalue weighted by Gasteiger charge is -2.44.